The van der Waals surface area contributed by atoms with E-state index in [1.807, 2.05) is 0 Å². The third-order valence-corrected chi connectivity index (χ3v) is 6.87. The van der Waals surface area contributed by atoms with Gasteiger partial charge < -0.3 is 0 Å². The molecule has 8 nitrogen and oxygen atoms in total. The summed E-state index contributed by atoms with van der Waals surface area (Å²) >= 11 is 0.923. The summed E-state index contributed by atoms with van der Waals surface area (Å²) in [5, 5.41) is 11.4. The molecule has 2 rings (SSSR count). The van der Waals surface area contributed by atoms with Crippen LogP contribution in [-0.2, 0) is 26.6 Å². The van der Waals surface area contributed by atoms with Crippen molar-refractivity contribution < 1.29 is 16.8 Å². The molecule has 0 aliphatic carbocycles. The predicted octanol–water partition coefficient (Wildman–Crippen LogP) is 0.214. The molecule has 0 radical (unpaired) electrons. The standard InChI is InChI=1S/C10H14N4O4S3/c1-6-10(7(2)14-13-6)21(17,18)12-5-8-3-4-9(19-8)20(11,15)16/h3-4,12H,5H2,1-2H3,(H,13,14)(H2,11,15,16). The van der Waals surface area contributed by atoms with E-state index >= 15 is 0 Å². The Bertz CT molecular complexity index is 845. The maximum absolute atomic E-state index is 12.2. The first-order valence-corrected chi connectivity index (χ1v) is 9.58. The van der Waals surface area contributed by atoms with Crippen LogP contribution in [0.5, 0.6) is 0 Å². The molecule has 0 amide bonds. The highest BCUT2D eigenvalue weighted by Crippen LogP contribution is 2.21. The molecule has 4 N–H and O–H groups in total. The van der Waals surface area contributed by atoms with Crippen LogP contribution in [0.25, 0.3) is 0 Å². The average Bonchev–Trinajstić information content (AvgIpc) is 2.93. The van der Waals surface area contributed by atoms with Crippen LogP contribution in [0.3, 0.4) is 0 Å². The van der Waals surface area contributed by atoms with Gasteiger partial charge in [-0.3, -0.25) is 5.10 Å². The molecule has 2 aromatic rings. The Morgan fingerprint density at radius 1 is 1.29 bits per heavy atom. The number of hydrogen-bond donors (Lipinski definition) is 3. The molecule has 11 heteroatoms. The minimum atomic E-state index is -3.77. The smallest absolute Gasteiger partial charge is 0.247 e. The van der Waals surface area contributed by atoms with Crippen molar-refractivity contribution in [3.8, 4) is 0 Å². The van der Waals surface area contributed by atoms with E-state index in [1.165, 1.54) is 12.1 Å². The van der Waals surface area contributed by atoms with Crippen molar-refractivity contribution in [1.82, 2.24) is 14.9 Å². The second kappa shape index (κ2) is 5.50. The summed E-state index contributed by atoms with van der Waals surface area (Å²) in [5.41, 5.74) is 0.813. The average molecular weight is 350 g/mol. The van der Waals surface area contributed by atoms with Crippen molar-refractivity contribution in [3.05, 3.63) is 28.4 Å². The minimum absolute atomic E-state index is 0.00706. The molecule has 0 fully saturated rings. The number of sulfonamides is 2. The minimum Gasteiger partial charge on any atom is -0.281 e. The van der Waals surface area contributed by atoms with Crippen molar-refractivity contribution in [2.24, 2.45) is 5.14 Å². The summed E-state index contributed by atoms with van der Waals surface area (Å²) in [6.07, 6.45) is 0. The number of thiophene rings is 1. The number of rotatable bonds is 5. The number of aromatic amines is 1. The molecule has 0 aliphatic rings. The van der Waals surface area contributed by atoms with E-state index in [4.69, 9.17) is 5.14 Å². The van der Waals surface area contributed by atoms with Crippen molar-refractivity contribution in [2.45, 2.75) is 29.5 Å². The van der Waals surface area contributed by atoms with Gasteiger partial charge in [0, 0.05) is 11.4 Å². The number of nitrogens with two attached hydrogens (primary N) is 1. The number of nitrogens with zero attached hydrogens (tertiary/aromatic N) is 1. The second-order valence-electron chi connectivity index (χ2n) is 4.35. The number of aryl methyl sites for hydroxylation is 2. The van der Waals surface area contributed by atoms with E-state index in [9.17, 15) is 16.8 Å². The van der Waals surface area contributed by atoms with Gasteiger partial charge in [-0.2, -0.15) is 5.10 Å². The van der Waals surface area contributed by atoms with Crippen molar-refractivity contribution in [1.29, 1.82) is 0 Å². The highest BCUT2D eigenvalue weighted by Gasteiger charge is 2.22. The van der Waals surface area contributed by atoms with E-state index in [1.54, 1.807) is 13.8 Å². The molecule has 2 heterocycles. The van der Waals surface area contributed by atoms with Crippen molar-refractivity contribution in [3.63, 3.8) is 0 Å². The quantitative estimate of drug-likeness (QED) is 0.708. The Labute approximate surface area is 126 Å². The summed E-state index contributed by atoms with van der Waals surface area (Å²) in [7, 11) is -7.49. The number of aromatic nitrogens is 2. The van der Waals surface area contributed by atoms with E-state index in [2.05, 4.69) is 14.9 Å². The largest absolute Gasteiger partial charge is 0.281 e. The summed E-state index contributed by atoms with van der Waals surface area (Å²) in [6, 6.07) is 2.86. The fourth-order valence-corrected chi connectivity index (χ4v) is 4.96. The second-order valence-corrected chi connectivity index (χ2v) is 9.01. The fourth-order valence-electron chi connectivity index (χ4n) is 1.78. The van der Waals surface area contributed by atoms with Gasteiger partial charge in [-0.1, -0.05) is 0 Å². The van der Waals surface area contributed by atoms with Gasteiger partial charge in [0.2, 0.25) is 20.0 Å². The topological polar surface area (TPSA) is 135 Å². The zero-order chi connectivity index (χ0) is 15.8. The monoisotopic (exact) mass is 350 g/mol. The molecule has 0 aliphatic heterocycles. The molecular weight excluding hydrogens is 336 g/mol. The maximum Gasteiger partial charge on any atom is 0.247 e. The molecule has 0 spiro atoms. The van der Waals surface area contributed by atoms with Crippen LogP contribution in [-0.4, -0.2) is 27.0 Å². The van der Waals surface area contributed by atoms with Gasteiger partial charge in [0.25, 0.3) is 0 Å². The third-order valence-electron chi connectivity index (χ3n) is 2.68. The predicted molar refractivity (Wildman–Crippen MR) is 77.8 cm³/mol. The van der Waals surface area contributed by atoms with Gasteiger partial charge in [-0.15, -0.1) is 11.3 Å². The number of nitrogens with one attached hydrogen (secondary N) is 2. The highest BCUT2D eigenvalue weighted by molar-refractivity contribution is 7.91. The lowest BCUT2D eigenvalue weighted by Crippen LogP contribution is -2.23. The van der Waals surface area contributed by atoms with Gasteiger partial charge in [0.05, 0.1) is 11.4 Å². The summed E-state index contributed by atoms with van der Waals surface area (Å²) in [5.74, 6) is 0. The zero-order valence-electron chi connectivity index (χ0n) is 11.2. The molecule has 21 heavy (non-hydrogen) atoms. The first-order chi connectivity index (χ1) is 9.61. The van der Waals surface area contributed by atoms with E-state index in [0.717, 1.165) is 11.3 Å². The molecule has 0 bridgehead atoms. The van der Waals surface area contributed by atoms with Gasteiger partial charge in [0.15, 0.2) is 0 Å². The first-order valence-electron chi connectivity index (χ1n) is 5.74. The molecule has 116 valence electrons. The van der Waals surface area contributed by atoms with Crippen LogP contribution >= 0.6 is 11.3 Å². The molecular formula is C10H14N4O4S3. The highest BCUT2D eigenvalue weighted by atomic mass is 32.2. The number of hydrogen-bond acceptors (Lipinski definition) is 6. The summed E-state index contributed by atoms with van der Waals surface area (Å²) in [6.45, 7) is 3.17. The van der Waals surface area contributed by atoms with Crippen LogP contribution in [0.4, 0.5) is 0 Å². The maximum atomic E-state index is 12.2. The van der Waals surface area contributed by atoms with Crippen LogP contribution in [0, 0.1) is 13.8 Å². The lowest BCUT2D eigenvalue weighted by Gasteiger charge is -2.05. The van der Waals surface area contributed by atoms with Crippen LogP contribution < -0.4 is 9.86 Å². The normalized spacial score (nSPS) is 12.7. The third kappa shape index (κ3) is 3.49. The molecule has 0 aromatic carbocycles. The van der Waals surface area contributed by atoms with Crippen molar-refractivity contribution >= 4 is 31.4 Å². The number of H-pyrrole nitrogens is 1. The Balaban J connectivity index is 2.18. The first kappa shape index (κ1) is 16.1. The lowest BCUT2D eigenvalue weighted by atomic mass is 10.4. The van der Waals surface area contributed by atoms with E-state index in [-0.39, 0.29) is 15.6 Å². The van der Waals surface area contributed by atoms with Gasteiger partial charge in [0.1, 0.15) is 9.10 Å². The van der Waals surface area contributed by atoms with Crippen LogP contribution in [0.2, 0.25) is 0 Å². The van der Waals surface area contributed by atoms with Crippen LogP contribution in [0.15, 0.2) is 21.2 Å². The van der Waals surface area contributed by atoms with Gasteiger partial charge >= 0.3 is 0 Å². The van der Waals surface area contributed by atoms with Gasteiger partial charge in [-0.05, 0) is 26.0 Å². The Hall–Kier alpha value is -1.27. The van der Waals surface area contributed by atoms with E-state index in [0.29, 0.717) is 16.3 Å². The van der Waals surface area contributed by atoms with E-state index < -0.39 is 20.0 Å². The Morgan fingerprint density at radius 3 is 2.43 bits per heavy atom. The Morgan fingerprint density at radius 2 is 1.95 bits per heavy atom. The molecule has 2 aromatic heterocycles. The molecule has 0 saturated heterocycles. The lowest BCUT2D eigenvalue weighted by molar-refractivity contribution is 0.580. The fraction of sp³-hybridized carbons (Fsp3) is 0.300. The van der Waals surface area contributed by atoms with Gasteiger partial charge in [-0.25, -0.2) is 26.7 Å². The zero-order valence-corrected chi connectivity index (χ0v) is 13.7. The molecule has 0 saturated carbocycles. The molecule has 0 atom stereocenters. The summed E-state index contributed by atoms with van der Waals surface area (Å²) in [4.78, 5) is 0.645. The number of primary sulfonamides is 1. The summed E-state index contributed by atoms with van der Waals surface area (Å²) < 4.78 is 49.1. The molecule has 0 unspecified atom stereocenters. The Kier molecular flexibility index (Phi) is 4.22. The van der Waals surface area contributed by atoms with Crippen molar-refractivity contribution in [2.75, 3.05) is 0 Å². The SMILES string of the molecule is Cc1n[nH]c(C)c1S(=O)(=O)NCc1ccc(S(N)(=O)=O)s1. The van der Waals surface area contributed by atoms with Crippen LogP contribution in [0.1, 0.15) is 16.3 Å².